The first-order valence-corrected chi connectivity index (χ1v) is 11.0. The second kappa shape index (κ2) is 9.66. The summed E-state index contributed by atoms with van der Waals surface area (Å²) in [6, 6.07) is 15.7. The molecule has 0 fully saturated rings. The van der Waals surface area contributed by atoms with Gasteiger partial charge in [-0.3, -0.25) is 9.59 Å². The molecular weight excluding hydrogens is 463 g/mol. The first-order chi connectivity index (χ1) is 17.5. The van der Waals surface area contributed by atoms with Gasteiger partial charge in [-0.05, 0) is 67.6 Å². The molecule has 180 valence electrons. The summed E-state index contributed by atoms with van der Waals surface area (Å²) in [6.45, 7) is 1.72. The summed E-state index contributed by atoms with van der Waals surface area (Å²) in [5.41, 5.74) is 2.05. The predicted molar refractivity (Wildman–Crippen MR) is 131 cm³/mol. The molecule has 0 saturated carbocycles. The predicted octanol–water partition coefficient (Wildman–Crippen LogP) is 3.85. The average Bonchev–Trinajstić information content (AvgIpc) is 3.67. The van der Waals surface area contributed by atoms with Crippen molar-refractivity contribution >= 4 is 23.2 Å². The van der Waals surface area contributed by atoms with Crippen LogP contribution in [0.15, 0.2) is 91.9 Å². The molecule has 5 aromatic rings. The van der Waals surface area contributed by atoms with Gasteiger partial charge in [-0.25, -0.2) is 18.7 Å². The van der Waals surface area contributed by atoms with Gasteiger partial charge in [-0.15, -0.1) is 0 Å². The second-order valence-electron chi connectivity index (χ2n) is 7.93. The van der Waals surface area contributed by atoms with Crippen molar-refractivity contribution in [2.75, 3.05) is 10.6 Å². The number of benzene rings is 2. The highest BCUT2D eigenvalue weighted by molar-refractivity contribution is 6.06. The minimum absolute atomic E-state index is 0.248. The van der Waals surface area contributed by atoms with Crippen LogP contribution in [0.3, 0.4) is 0 Å². The third-order valence-corrected chi connectivity index (χ3v) is 5.53. The summed E-state index contributed by atoms with van der Waals surface area (Å²) in [4.78, 5) is 29.5. The molecule has 3 heterocycles. The Bertz CT molecular complexity index is 1470. The number of aromatic nitrogens is 6. The standard InChI is InChI=1S/C25H21FN8O2/c1-17(33-16-27-15-29-33)23(35)30-19-6-8-20(9-7-19)31-24(36)22-14-28-34(21-10-4-18(26)5-11-21)25(22)32-12-2-3-13-32/h2-17H,1H3,(H,30,35)(H,31,36). The van der Waals surface area contributed by atoms with Gasteiger partial charge in [0.25, 0.3) is 5.91 Å². The number of anilines is 2. The van der Waals surface area contributed by atoms with E-state index in [4.69, 9.17) is 0 Å². The molecule has 11 heteroatoms. The van der Waals surface area contributed by atoms with E-state index in [0.717, 1.165) is 0 Å². The zero-order valence-electron chi connectivity index (χ0n) is 19.1. The van der Waals surface area contributed by atoms with Crippen LogP contribution in [0.25, 0.3) is 11.5 Å². The van der Waals surface area contributed by atoms with E-state index in [1.54, 1.807) is 65.0 Å². The number of amides is 2. The van der Waals surface area contributed by atoms with E-state index in [1.165, 1.54) is 35.7 Å². The molecule has 2 aromatic carbocycles. The van der Waals surface area contributed by atoms with Gasteiger partial charge < -0.3 is 15.2 Å². The fourth-order valence-electron chi connectivity index (χ4n) is 3.62. The Morgan fingerprint density at radius 1 is 0.917 bits per heavy atom. The fraction of sp³-hybridized carbons (Fsp3) is 0.0800. The molecule has 0 bridgehead atoms. The molecule has 0 aliphatic carbocycles. The van der Waals surface area contributed by atoms with Crippen molar-refractivity contribution in [1.82, 2.24) is 29.1 Å². The SMILES string of the molecule is CC(C(=O)Nc1ccc(NC(=O)c2cnn(-c3ccc(F)cc3)c2-n2cccc2)cc1)n1cncn1. The summed E-state index contributed by atoms with van der Waals surface area (Å²) in [7, 11) is 0. The Hall–Kier alpha value is -5.06. The molecule has 3 aromatic heterocycles. The van der Waals surface area contributed by atoms with Crippen LogP contribution in [-0.4, -0.2) is 40.9 Å². The summed E-state index contributed by atoms with van der Waals surface area (Å²) >= 11 is 0. The highest BCUT2D eigenvalue weighted by Gasteiger charge is 2.20. The fourth-order valence-corrected chi connectivity index (χ4v) is 3.62. The van der Waals surface area contributed by atoms with Gasteiger partial charge in [0.05, 0.1) is 11.9 Å². The lowest BCUT2D eigenvalue weighted by atomic mass is 10.2. The van der Waals surface area contributed by atoms with Crippen LogP contribution < -0.4 is 10.6 Å². The number of halogens is 1. The summed E-state index contributed by atoms with van der Waals surface area (Å²) in [5.74, 6) is -0.473. The van der Waals surface area contributed by atoms with E-state index < -0.39 is 6.04 Å². The van der Waals surface area contributed by atoms with Crippen molar-refractivity contribution in [3.05, 3.63) is 103 Å². The van der Waals surface area contributed by atoms with Crippen LogP contribution in [0.5, 0.6) is 0 Å². The van der Waals surface area contributed by atoms with E-state index in [1.807, 2.05) is 12.1 Å². The van der Waals surface area contributed by atoms with Gasteiger partial charge in [0.1, 0.15) is 30.1 Å². The Morgan fingerprint density at radius 3 is 2.22 bits per heavy atom. The Labute approximate surface area is 205 Å². The van der Waals surface area contributed by atoms with Crippen LogP contribution >= 0.6 is 0 Å². The van der Waals surface area contributed by atoms with Gasteiger partial charge in [0.15, 0.2) is 5.82 Å². The largest absolute Gasteiger partial charge is 0.324 e. The molecular formula is C25H21FN8O2. The number of carbonyl (C=O) groups excluding carboxylic acids is 2. The molecule has 0 radical (unpaired) electrons. The van der Waals surface area contributed by atoms with E-state index >= 15 is 0 Å². The quantitative estimate of drug-likeness (QED) is 0.365. The highest BCUT2D eigenvalue weighted by Crippen LogP contribution is 2.22. The maximum absolute atomic E-state index is 13.4. The number of rotatable bonds is 7. The van der Waals surface area contributed by atoms with Gasteiger partial charge in [-0.1, -0.05) is 0 Å². The normalized spacial score (nSPS) is 11.7. The summed E-state index contributed by atoms with van der Waals surface area (Å²) < 4.78 is 18.2. The second-order valence-corrected chi connectivity index (χ2v) is 7.93. The van der Waals surface area contributed by atoms with E-state index in [9.17, 15) is 14.0 Å². The molecule has 2 N–H and O–H groups in total. The third-order valence-electron chi connectivity index (χ3n) is 5.53. The Kier molecular flexibility index (Phi) is 6.10. The van der Waals surface area contributed by atoms with Crippen LogP contribution in [-0.2, 0) is 4.79 Å². The molecule has 1 unspecified atom stereocenters. The van der Waals surface area contributed by atoms with Gasteiger partial charge in [0.2, 0.25) is 5.91 Å². The molecule has 5 rings (SSSR count). The topological polar surface area (TPSA) is 112 Å². The average molecular weight is 484 g/mol. The van der Waals surface area contributed by atoms with E-state index in [-0.39, 0.29) is 17.6 Å². The minimum atomic E-state index is -0.531. The monoisotopic (exact) mass is 484 g/mol. The minimum Gasteiger partial charge on any atom is -0.324 e. The maximum atomic E-state index is 13.4. The molecule has 0 aliphatic rings. The molecule has 0 saturated heterocycles. The lowest BCUT2D eigenvalue weighted by molar-refractivity contribution is -0.119. The third kappa shape index (κ3) is 4.62. The lowest BCUT2D eigenvalue weighted by Crippen LogP contribution is -2.24. The molecule has 2 amide bonds. The number of nitrogens with zero attached hydrogens (tertiary/aromatic N) is 6. The summed E-state index contributed by atoms with van der Waals surface area (Å²) in [5, 5.41) is 14.0. The van der Waals surface area contributed by atoms with Crippen molar-refractivity contribution in [2.24, 2.45) is 0 Å². The number of nitrogens with one attached hydrogen (secondary N) is 2. The Balaban J connectivity index is 1.34. The van der Waals surface area contributed by atoms with Gasteiger partial charge in [0, 0.05) is 23.8 Å². The van der Waals surface area contributed by atoms with Crippen LogP contribution in [0.4, 0.5) is 15.8 Å². The zero-order chi connectivity index (χ0) is 25.1. The molecule has 0 aliphatic heterocycles. The first kappa shape index (κ1) is 22.7. The first-order valence-electron chi connectivity index (χ1n) is 11.0. The summed E-state index contributed by atoms with van der Waals surface area (Å²) in [6.07, 6.45) is 7.90. The molecule has 10 nitrogen and oxygen atoms in total. The Morgan fingerprint density at radius 2 is 1.58 bits per heavy atom. The van der Waals surface area contributed by atoms with Gasteiger partial charge >= 0.3 is 0 Å². The van der Waals surface area contributed by atoms with E-state index in [2.05, 4.69) is 25.8 Å². The number of hydrogen-bond acceptors (Lipinski definition) is 5. The van der Waals surface area contributed by atoms with Crippen molar-refractivity contribution in [3.8, 4) is 11.5 Å². The highest BCUT2D eigenvalue weighted by atomic mass is 19.1. The number of carbonyl (C=O) groups is 2. The van der Waals surface area contributed by atoms with Crippen molar-refractivity contribution in [1.29, 1.82) is 0 Å². The lowest BCUT2D eigenvalue weighted by Gasteiger charge is -2.13. The zero-order valence-corrected chi connectivity index (χ0v) is 19.1. The van der Waals surface area contributed by atoms with Gasteiger partial charge in [-0.2, -0.15) is 10.2 Å². The van der Waals surface area contributed by atoms with Crippen LogP contribution in [0.1, 0.15) is 23.3 Å². The van der Waals surface area contributed by atoms with Crippen molar-refractivity contribution in [3.63, 3.8) is 0 Å². The van der Waals surface area contributed by atoms with E-state index in [0.29, 0.717) is 28.4 Å². The smallest absolute Gasteiger partial charge is 0.261 e. The molecule has 36 heavy (non-hydrogen) atoms. The molecule has 1 atom stereocenters. The maximum Gasteiger partial charge on any atom is 0.261 e. The van der Waals surface area contributed by atoms with Crippen LogP contribution in [0.2, 0.25) is 0 Å². The number of hydrogen-bond donors (Lipinski definition) is 2. The van der Waals surface area contributed by atoms with Crippen molar-refractivity contribution in [2.45, 2.75) is 13.0 Å². The molecule has 0 spiro atoms. The van der Waals surface area contributed by atoms with Crippen LogP contribution in [0, 0.1) is 5.82 Å². The van der Waals surface area contributed by atoms with Crippen molar-refractivity contribution < 1.29 is 14.0 Å².